The third-order valence-electron chi connectivity index (χ3n) is 2.18. The van der Waals surface area contributed by atoms with Crippen molar-refractivity contribution in [3.8, 4) is 0 Å². The molecule has 0 aromatic rings. The molecular formula is C6H10ClFO2S. The first-order valence-corrected chi connectivity index (χ1v) is 5.94. The maximum atomic E-state index is 12.3. The molecule has 0 amide bonds. The molecule has 66 valence electrons. The predicted octanol–water partition coefficient (Wildman–Crippen LogP) is 1.69. The van der Waals surface area contributed by atoms with Gasteiger partial charge in [0, 0.05) is 16.1 Å². The summed E-state index contributed by atoms with van der Waals surface area (Å²) >= 11 is 0. The van der Waals surface area contributed by atoms with Crippen LogP contribution in [-0.4, -0.2) is 20.8 Å². The quantitative estimate of drug-likeness (QED) is 0.650. The van der Waals surface area contributed by atoms with Gasteiger partial charge in [-0.3, -0.25) is 4.39 Å². The van der Waals surface area contributed by atoms with Crippen molar-refractivity contribution in [3.05, 3.63) is 0 Å². The molecule has 2 nitrogen and oxygen atoms in total. The highest BCUT2D eigenvalue weighted by Crippen LogP contribution is 2.42. The fourth-order valence-corrected chi connectivity index (χ4v) is 3.15. The molecule has 0 aromatic carbocycles. The van der Waals surface area contributed by atoms with Crippen LogP contribution in [0.3, 0.4) is 0 Å². The minimum absolute atomic E-state index is 0.210. The molecule has 0 heterocycles. The van der Waals surface area contributed by atoms with E-state index in [-0.39, 0.29) is 5.75 Å². The van der Waals surface area contributed by atoms with E-state index in [1.165, 1.54) is 0 Å². The molecule has 0 radical (unpaired) electrons. The van der Waals surface area contributed by atoms with Crippen LogP contribution in [0.2, 0.25) is 0 Å². The van der Waals surface area contributed by atoms with E-state index >= 15 is 0 Å². The molecule has 0 atom stereocenters. The highest BCUT2D eigenvalue weighted by molar-refractivity contribution is 8.13. The van der Waals surface area contributed by atoms with Gasteiger partial charge in [0.15, 0.2) is 0 Å². The molecule has 1 rings (SSSR count). The van der Waals surface area contributed by atoms with Crippen LogP contribution in [0.25, 0.3) is 0 Å². The Bertz CT molecular complexity index is 227. The van der Waals surface area contributed by atoms with Gasteiger partial charge in [-0.15, -0.1) is 0 Å². The standard InChI is InChI=1S/C6H10ClFO2S/c7-11(9,10)5-6(4-8)2-1-3-6/h1-5H2. The van der Waals surface area contributed by atoms with Crippen molar-refractivity contribution in [1.29, 1.82) is 0 Å². The zero-order valence-corrected chi connectivity index (χ0v) is 7.59. The number of halogens is 2. The van der Waals surface area contributed by atoms with Crippen LogP contribution in [0.1, 0.15) is 19.3 Å². The van der Waals surface area contributed by atoms with Crippen molar-refractivity contribution in [2.75, 3.05) is 12.4 Å². The van der Waals surface area contributed by atoms with Crippen molar-refractivity contribution < 1.29 is 12.8 Å². The lowest BCUT2D eigenvalue weighted by molar-refractivity contribution is 0.119. The van der Waals surface area contributed by atoms with E-state index < -0.39 is 21.1 Å². The average Bonchev–Trinajstić information content (AvgIpc) is 1.77. The molecule has 5 heteroatoms. The second-order valence-corrected chi connectivity index (χ2v) is 5.95. The van der Waals surface area contributed by atoms with Gasteiger partial charge in [0.25, 0.3) is 0 Å². The van der Waals surface area contributed by atoms with Crippen molar-refractivity contribution in [2.45, 2.75) is 19.3 Å². The van der Waals surface area contributed by atoms with Crippen molar-refractivity contribution in [1.82, 2.24) is 0 Å². The minimum atomic E-state index is -3.52. The van der Waals surface area contributed by atoms with Crippen LogP contribution < -0.4 is 0 Å². The van der Waals surface area contributed by atoms with Crippen LogP contribution in [0, 0.1) is 5.41 Å². The summed E-state index contributed by atoms with van der Waals surface area (Å²) in [6.45, 7) is -0.570. The zero-order chi connectivity index (χ0) is 8.54. The van der Waals surface area contributed by atoms with Gasteiger partial charge in [-0.25, -0.2) is 8.42 Å². The molecule has 1 aliphatic carbocycles. The Morgan fingerprint density at radius 2 is 2.00 bits per heavy atom. The first-order valence-electron chi connectivity index (χ1n) is 3.46. The highest BCUT2D eigenvalue weighted by atomic mass is 35.7. The van der Waals surface area contributed by atoms with Gasteiger partial charge >= 0.3 is 0 Å². The summed E-state index contributed by atoms with van der Waals surface area (Å²) in [5, 5.41) is 0. The average molecular weight is 201 g/mol. The van der Waals surface area contributed by atoms with Gasteiger partial charge in [-0.1, -0.05) is 6.42 Å². The Labute approximate surface area is 70.2 Å². The summed E-state index contributed by atoms with van der Waals surface area (Å²) < 4.78 is 33.5. The SMILES string of the molecule is O=S(=O)(Cl)CC1(CF)CCC1. The van der Waals surface area contributed by atoms with Gasteiger partial charge in [0.05, 0.1) is 12.4 Å². The highest BCUT2D eigenvalue weighted by Gasteiger charge is 2.40. The summed E-state index contributed by atoms with van der Waals surface area (Å²) in [6, 6.07) is 0. The summed E-state index contributed by atoms with van der Waals surface area (Å²) in [6.07, 6.45) is 2.21. The Morgan fingerprint density at radius 3 is 2.09 bits per heavy atom. The molecule has 0 unspecified atom stereocenters. The van der Waals surface area contributed by atoms with Gasteiger partial charge < -0.3 is 0 Å². The number of hydrogen-bond donors (Lipinski definition) is 0. The van der Waals surface area contributed by atoms with E-state index in [0.29, 0.717) is 12.8 Å². The topological polar surface area (TPSA) is 34.1 Å². The van der Waals surface area contributed by atoms with E-state index in [9.17, 15) is 12.8 Å². The van der Waals surface area contributed by atoms with Crippen molar-refractivity contribution >= 4 is 19.7 Å². The van der Waals surface area contributed by atoms with E-state index in [2.05, 4.69) is 0 Å². The lowest BCUT2D eigenvalue weighted by Gasteiger charge is -2.38. The molecule has 0 N–H and O–H groups in total. The number of rotatable bonds is 3. The Hall–Kier alpha value is 0.170. The van der Waals surface area contributed by atoms with E-state index in [4.69, 9.17) is 10.7 Å². The third kappa shape index (κ3) is 2.30. The second kappa shape index (κ2) is 2.90. The molecule has 0 spiro atoms. The fraction of sp³-hybridized carbons (Fsp3) is 1.00. The molecule has 0 bridgehead atoms. The summed E-state index contributed by atoms with van der Waals surface area (Å²) in [4.78, 5) is 0. The van der Waals surface area contributed by atoms with Crippen molar-refractivity contribution in [3.63, 3.8) is 0 Å². The van der Waals surface area contributed by atoms with Crippen molar-refractivity contribution in [2.24, 2.45) is 5.41 Å². The number of alkyl halides is 1. The van der Waals surface area contributed by atoms with Crippen LogP contribution in [0.5, 0.6) is 0 Å². The second-order valence-electron chi connectivity index (χ2n) is 3.17. The smallest absolute Gasteiger partial charge is 0.233 e. The predicted molar refractivity (Wildman–Crippen MR) is 41.9 cm³/mol. The monoisotopic (exact) mass is 200 g/mol. The molecule has 0 aromatic heterocycles. The Balaban J connectivity index is 2.59. The van der Waals surface area contributed by atoms with Crippen LogP contribution >= 0.6 is 10.7 Å². The molecular weight excluding hydrogens is 191 g/mol. The maximum absolute atomic E-state index is 12.3. The first kappa shape index (κ1) is 9.26. The summed E-state index contributed by atoms with van der Waals surface area (Å²) in [5.41, 5.74) is -0.638. The van der Waals surface area contributed by atoms with Crippen LogP contribution in [0.4, 0.5) is 4.39 Å². The lowest BCUT2D eigenvalue weighted by Crippen LogP contribution is -2.37. The zero-order valence-electron chi connectivity index (χ0n) is 6.02. The Morgan fingerprint density at radius 1 is 1.45 bits per heavy atom. The van der Waals surface area contributed by atoms with Gasteiger partial charge in [0.2, 0.25) is 9.05 Å². The largest absolute Gasteiger partial charge is 0.250 e. The molecule has 1 saturated carbocycles. The van der Waals surface area contributed by atoms with Crippen LogP contribution in [0.15, 0.2) is 0 Å². The summed E-state index contributed by atoms with van der Waals surface area (Å²) in [5.74, 6) is -0.210. The molecule has 0 saturated heterocycles. The molecule has 1 aliphatic rings. The number of hydrogen-bond acceptors (Lipinski definition) is 2. The van der Waals surface area contributed by atoms with E-state index in [0.717, 1.165) is 6.42 Å². The van der Waals surface area contributed by atoms with Gasteiger partial charge in [0.1, 0.15) is 0 Å². The third-order valence-corrected chi connectivity index (χ3v) is 3.46. The molecule has 1 fully saturated rings. The lowest BCUT2D eigenvalue weighted by atomic mass is 9.71. The van der Waals surface area contributed by atoms with Gasteiger partial charge in [-0.05, 0) is 12.8 Å². The van der Waals surface area contributed by atoms with E-state index in [1.807, 2.05) is 0 Å². The minimum Gasteiger partial charge on any atom is -0.250 e. The maximum Gasteiger partial charge on any atom is 0.233 e. The fourth-order valence-electron chi connectivity index (χ4n) is 1.36. The summed E-state index contributed by atoms with van der Waals surface area (Å²) in [7, 11) is 1.49. The van der Waals surface area contributed by atoms with Crippen LogP contribution in [-0.2, 0) is 9.05 Å². The normalized spacial score (nSPS) is 22.7. The molecule has 11 heavy (non-hydrogen) atoms. The van der Waals surface area contributed by atoms with E-state index in [1.54, 1.807) is 0 Å². The van der Waals surface area contributed by atoms with Gasteiger partial charge in [-0.2, -0.15) is 0 Å². The molecule has 0 aliphatic heterocycles. The Kier molecular flexibility index (Phi) is 2.44. The first-order chi connectivity index (χ1) is 4.97.